The van der Waals surface area contributed by atoms with Gasteiger partial charge in [0.2, 0.25) is 0 Å². The first-order valence-corrected chi connectivity index (χ1v) is 6.28. The molecule has 0 spiro atoms. The predicted molar refractivity (Wildman–Crippen MR) is 70.8 cm³/mol. The van der Waals surface area contributed by atoms with Crippen molar-refractivity contribution in [3.8, 4) is 0 Å². The van der Waals surface area contributed by atoms with E-state index in [1.165, 1.54) is 0 Å². The molecule has 0 rings (SSSR count). The van der Waals surface area contributed by atoms with Crippen molar-refractivity contribution in [2.24, 2.45) is 0 Å². The van der Waals surface area contributed by atoms with Crippen molar-refractivity contribution < 1.29 is 23.8 Å². The van der Waals surface area contributed by atoms with Crippen LogP contribution >= 0.6 is 0 Å². The summed E-state index contributed by atoms with van der Waals surface area (Å²) in [4.78, 5) is 22.2. The van der Waals surface area contributed by atoms with Crippen molar-refractivity contribution >= 4 is 12.1 Å². The Labute approximate surface area is 114 Å². The third kappa shape index (κ3) is 11.3. The highest BCUT2D eigenvalue weighted by Gasteiger charge is 2.04. The molecule has 19 heavy (non-hydrogen) atoms. The SMILES string of the molecule is C=C(C)C(=O)OCCNC(=O)OCCCOC(C)C. The van der Waals surface area contributed by atoms with E-state index in [-0.39, 0.29) is 19.3 Å². The van der Waals surface area contributed by atoms with Gasteiger partial charge in [0.25, 0.3) is 0 Å². The summed E-state index contributed by atoms with van der Waals surface area (Å²) in [6, 6.07) is 0. The highest BCUT2D eigenvalue weighted by molar-refractivity contribution is 5.86. The summed E-state index contributed by atoms with van der Waals surface area (Å²) in [6.07, 6.45) is 0.295. The topological polar surface area (TPSA) is 73.9 Å². The molecule has 6 heteroatoms. The van der Waals surface area contributed by atoms with Gasteiger partial charge in [0.1, 0.15) is 6.61 Å². The quantitative estimate of drug-likeness (QED) is 0.393. The van der Waals surface area contributed by atoms with Gasteiger partial charge in [-0.1, -0.05) is 6.58 Å². The summed E-state index contributed by atoms with van der Waals surface area (Å²) in [5.41, 5.74) is 0.327. The number of ether oxygens (including phenoxy) is 3. The van der Waals surface area contributed by atoms with Gasteiger partial charge in [-0.05, 0) is 20.8 Å². The van der Waals surface area contributed by atoms with Crippen LogP contribution in [-0.2, 0) is 19.0 Å². The van der Waals surface area contributed by atoms with E-state index in [9.17, 15) is 9.59 Å². The standard InChI is InChI=1S/C13H23NO5/c1-10(2)12(15)18-9-6-14-13(16)19-8-5-7-17-11(3)4/h11H,1,5-9H2,2-4H3,(H,14,16). The zero-order chi connectivity index (χ0) is 14.7. The molecule has 0 saturated heterocycles. The maximum absolute atomic E-state index is 11.2. The number of carbonyl (C=O) groups is 2. The van der Waals surface area contributed by atoms with Gasteiger partial charge in [0, 0.05) is 12.0 Å². The molecule has 0 heterocycles. The molecule has 0 aliphatic carbocycles. The van der Waals surface area contributed by atoms with Crippen molar-refractivity contribution in [2.75, 3.05) is 26.4 Å². The monoisotopic (exact) mass is 273 g/mol. The highest BCUT2D eigenvalue weighted by Crippen LogP contribution is 1.92. The molecule has 0 aliphatic rings. The van der Waals surface area contributed by atoms with Gasteiger partial charge < -0.3 is 19.5 Å². The Morgan fingerprint density at radius 3 is 2.42 bits per heavy atom. The molecular formula is C13H23NO5. The van der Waals surface area contributed by atoms with Crippen molar-refractivity contribution in [3.63, 3.8) is 0 Å². The Kier molecular flexibility index (Phi) is 9.52. The molecule has 1 amide bonds. The Morgan fingerprint density at radius 1 is 1.16 bits per heavy atom. The predicted octanol–water partition coefficient (Wildman–Crippen LogP) is 1.65. The second-order valence-electron chi connectivity index (χ2n) is 4.25. The van der Waals surface area contributed by atoms with E-state index < -0.39 is 12.1 Å². The van der Waals surface area contributed by atoms with Crippen LogP contribution in [0.15, 0.2) is 12.2 Å². The number of hydrogen-bond donors (Lipinski definition) is 1. The van der Waals surface area contributed by atoms with Gasteiger partial charge >= 0.3 is 12.1 Å². The van der Waals surface area contributed by atoms with Crippen molar-refractivity contribution in [2.45, 2.75) is 33.3 Å². The molecule has 110 valence electrons. The van der Waals surface area contributed by atoms with Crippen molar-refractivity contribution in [1.82, 2.24) is 5.32 Å². The van der Waals surface area contributed by atoms with E-state index in [4.69, 9.17) is 14.2 Å². The molecule has 0 atom stereocenters. The van der Waals surface area contributed by atoms with Crippen LogP contribution in [0, 0.1) is 0 Å². The fourth-order valence-electron chi connectivity index (χ4n) is 1.01. The third-order valence-electron chi connectivity index (χ3n) is 1.93. The lowest BCUT2D eigenvalue weighted by Gasteiger charge is -2.09. The van der Waals surface area contributed by atoms with E-state index >= 15 is 0 Å². The molecule has 0 bridgehead atoms. The lowest BCUT2D eigenvalue weighted by atomic mass is 10.4. The van der Waals surface area contributed by atoms with E-state index in [0.717, 1.165) is 0 Å². The van der Waals surface area contributed by atoms with Gasteiger partial charge in [-0.15, -0.1) is 0 Å². The number of hydrogen-bond acceptors (Lipinski definition) is 5. The van der Waals surface area contributed by atoms with Crippen LogP contribution < -0.4 is 5.32 Å². The first-order chi connectivity index (χ1) is 8.93. The summed E-state index contributed by atoms with van der Waals surface area (Å²) in [7, 11) is 0. The van der Waals surface area contributed by atoms with E-state index in [1.807, 2.05) is 13.8 Å². The second kappa shape index (κ2) is 10.4. The minimum absolute atomic E-state index is 0.0945. The summed E-state index contributed by atoms with van der Waals surface area (Å²) < 4.78 is 15.0. The van der Waals surface area contributed by atoms with Gasteiger partial charge in [0.05, 0.1) is 25.9 Å². The summed E-state index contributed by atoms with van der Waals surface area (Å²) >= 11 is 0. The first kappa shape index (κ1) is 17.4. The molecule has 6 nitrogen and oxygen atoms in total. The molecule has 0 radical (unpaired) electrons. The Balaban J connectivity index is 3.40. The zero-order valence-corrected chi connectivity index (χ0v) is 11.9. The van der Waals surface area contributed by atoms with Crippen LogP contribution in [0.4, 0.5) is 4.79 Å². The first-order valence-electron chi connectivity index (χ1n) is 6.28. The zero-order valence-electron chi connectivity index (χ0n) is 11.9. The van der Waals surface area contributed by atoms with Crippen LogP contribution in [0.3, 0.4) is 0 Å². The van der Waals surface area contributed by atoms with Gasteiger partial charge in [-0.3, -0.25) is 0 Å². The number of alkyl carbamates (subject to hydrolysis) is 1. The van der Waals surface area contributed by atoms with E-state index in [2.05, 4.69) is 11.9 Å². The fourth-order valence-corrected chi connectivity index (χ4v) is 1.01. The maximum atomic E-state index is 11.2. The van der Waals surface area contributed by atoms with Crippen LogP contribution in [-0.4, -0.2) is 44.5 Å². The molecule has 0 aromatic heterocycles. The van der Waals surface area contributed by atoms with Crippen LogP contribution in [0.5, 0.6) is 0 Å². The van der Waals surface area contributed by atoms with Crippen molar-refractivity contribution in [3.05, 3.63) is 12.2 Å². The van der Waals surface area contributed by atoms with Gasteiger partial charge in [-0.25, -0.2) is 9.59 Å². The molecule has 0 aromatic carbocycles. The van der Waals surface area contributed by atoms with Crippen LogP contribution in [0.2, 0.25) is 0 Å². The number of esters is 1. The molecule has 0 aliphatic heterocycles. The average molecular weight is 273 g/mol. The maximum Gasteiger partial charge on any atom is 0.407 e. The minimum Gasteiger partial charge on any atom is -0.460 e. The highest BCUT2D eigenvalue weighted by atomic mass is 16.6. The Hall–Kier alpha value is -1.56. The lowest BCUT2D eigenvalue weighted by molar-refractivity contribution is -0.138. The smallest absolute Gasteiger partial charge is 0.407 e. The average Bonchev–Trinajstić information content (AvgIpc) is 2.33. The molecule has 1 N–H and O–H groups in total. The fraction of sp³-hybridized carbons (Fsp3) is 0.692. The molecular weight excluding hydrogens is 250 g/mol. The molecule has 0 fully saturated rings. The Morgan fingerprint density at radius 2 is 1.84 bits per heavy atom. The molecule has 0 saturated carbocycles. The van der Waals surface area contributed by atoms with Crippen LogP contribution in [0.25, 0.3) is 0 Å². The summed E-state index contributed by atoms with van der Waals surface area (Å²) in [5.74, 6) is -0.471. The summed E-state index contributed by atoms with van der Waals surface area (Å²) in [6.45, 7) is 10.0. The normalized spacial score (nSPS) is 10.1. The number of amides is 1. The Bertz CT molecular complexity index is 301. The molecule has 0 unspecified atom stereocenters. The van der Waals surface area contributed by atoms with E-state index in [0.29, 0.717) is 25.2 Å². The number of carbonyl (C=O) groups excluding carboxylic acids is 2. The summed E-state index contributed by atoms with van der Waals surface area (Å²) in [5, 5.41) is 2.47. The van der Waals surface area contributed by atoms with Gasteiger partial charge in [0.15, 0.2) is 0 Å². The third-order valence-corrected chi connectivity index (χ3v) is 1.93. The van der Waals surface area contributed by atoms with E-state index in [1.54, 1.807) is 6.92 Å². The minimum atomic E-state index is -0.532. The largest absolute Gasteiger partial charge is 0.460 e. The lowest BCUT2D eigenvalue weighted by Crippen LogP contribution is -2.29. The van der Waals surface area contributed by atoms with Crippen LogP contribution in [0.1, 0.15) is 27.2 Å². The second-order valence-corrected chi connectivity index (χ2v) is 4.25. The number of nitrogens with one attached hydrogen (secondary N) is 1. The van der Waals surface area contributed by atoms with Crippen molar-refractivity contribution in [1.29, 1.82) is 0 Å². The van der Waals surface area contributed by atoms with Gasteiger partial charge in [-0.2, -0.15) is 0 Å². The number of rotatable bonds is 9. The molecule has 0 aromatic rings.